The van der Waals surface area contributed by atoms with Crippen LogP contribution < -0.4 is 0 Å². The van der Waals surface area contributed by atoms with Crippen LogP contribution in [0.25, 0.3) is 46.6 Å². The van der Waals surface area contributed by atoms with Crippen molar-refractivity contribution in [2.45, 2.75) is 20.8 Å². The van der Waals surface area contributed by atoms with E-state index in [2.05, 4.69) is 0 Å². The van der Waals surface area contributed by atoms with Crippen molar-refractivity contribution in [2.24, 2.45) is 0 Å². The van der Waals surface area contributed by atoms with Crippen LogP contribution in [0, 0.1) is 13.8 Å². The molecule has 0 bridgehead atoms. The quantitative estimate of drug-likeness (QED) is 0.251. The predicted molar refractivity (Wildman–Crippen MR) is 157 cm³/mol. The van der Waals surface area contributed by atoms with Gasteiger partial charge in [0, 0.05) is 18.2 Å². The molecule has 0 unspecified atom stereocenters. The molecule has 0 aliphatic rings. The summed E-state index contributed by atoms with van der Waals surface area (Å²) in [5.74, 6) is -3.37. The Morgan fingerprint density at radius 2 is 0.800 bits per heavy atom. The van der Waals surface area contributed by atoms with Gasteiger partial charge in [-0.15, -0.1) is 0 Å². The number of carboxylic acid groups (broad SMARTS) is 3. The molecule has 40 heavy (non-hydrogen) atoms. The van der Waals surface area contributed by atoms with Gasteiger partial charge < -0.3 is 15.3 Å². The summed E-state index contributed by atoms with van der Waals surface area (Å²) in [6.07, 6.45) is 10.6. The smallest absolute Gasteiger partial charge is 0.328 e. The molecule has 3 rings (SSSR count). The van der Waals surface area contributed by atoms with Crippen molar-refractivity contribution in [3.05, 3.63) is 106 Å². The number of aryl methyl sites for hydroxylation is 2. The van der Waals surface area contributed by atoms with E-state index in [0.717, 1.165) is 57.2 Å². The molecule has 7 heteroatoms. The summed E-state index contributed by atoms with van der Waals surface area (Å²) in [6, 6.07) is 15.0. The van der Waals surface area contributed by atoms with E-state index >= 15 is 0 Å². The van der Waals surface area contributed by atoms with Crippen LogP contribution in [0.15, 0.2) is 72.8 Å². The molecule has 0 aliphatic carbocycles. The summed E-state index contributed by atoms with van der Waals surface area (Å²) in [7, 11) is 0. The normalized spacial score (nSPS) is 11.7. The first-order chi connectivity index (χ1) is 18.9. The largest absolute Gasteiger partial charge is 0.478 e. The first-order valence-corrected chi connectivity index (χ1v) is 12.2. The lowest BCUT2D eigenvalue weighted by Gasteiger charge is -2.15. The zero-order chi connectivity index (χ0) is 29.4. The highest BCUT2D eigenvalue weighted by Gasteiger charge is 2.11. The van der Waals surface area contributed by atoms with Gasteiger partial charge in [0.05, 0.1) is 0 Å². The number of allylic oxidation sites excluding steroid dienone is 1. The Kier molecular flexibility index (Phi) is 9.49. The number of aliphatic carboxylic acids is 3. The second-order valence-electron chi connectivity index (χ2n) is 9.22. The van der Waals surface area contributed by atoms with Crippen LogP contribution in [0.3, 0.4) is 0 Å². The number of carbonyl (C=O) groups is 4. The molecule has 0 aromatic heterocycles. The van der Waals surface area contributed by atoms with E-state index in [9.17, 15) is 19.2 Å². The summed E-state index contributed by atoms with van der Waals surface area (Å²) in [5.41, 5.74) is 7.88. The fourth-order valence-corrected chi connectivity index (χ4v) is 4.20. The maximum Gasteiger partial charge on any atom is 0.328 e. The van der Waals surface area contributed by atoms with Crippen LogP contribution in [0.2, 0.25) is 0 Å². The monoisotopic (exact) mass is 536 g/mol. The van der Waals surface area contributed by atoms with Crippen molar-refractivity contribution >= 4 is 48.0 Å². The van der Waals surface area contributed by atoms with E-state index in [1.807, 2.05) is 50.2 Å². The van der Waals surface area contributed by atoms with Gasteiger partial charge in [0.2, 0.25) is 0 Å². The van der Waals surface area contributed by atoms with Crippen molar-refractivity contribution < 1.29 is 34.5 Å². The highest BCUT2D eigenvalue weighted by molar-refractivity contribution is 5.92. The topological polar surface area (TPSA) is 129 Å². The number of rotatable bonds is 10. The van der Waals surface area contributed by atoms with E-state index < -0.39 is 17.9 Å². The van der Waals surface area contributed by atoms with E-state index in [1.165, 1.54) is 31.2 Å². The molecule has 0 atom stereocenters. The molecule has 202 valence electrons. The Balaban J connectivity index is 2.17. The van der Waals surface area contributed by atoms with Crippen molar-refractivity contribution in [2.75, 3.05) is 0 Å². The summed E-state index contributed by atoms with van der Waals surface area (Å²) in [6.45, 7) is 5.34. The van der Waals surface area contributed by atoms with Crippen LogP contribution in [-0.2, 0) is 19.2 Å². The van der Waals surface area contributed by atoms with Gasteiger partial charge in [0.1, 0.15) is 0 Å². The van der Waals surface area contributed by atoms with Crippen LogP contribution >= 0.6 is 0 Å². The van der Waals surface area contributed by atoms with Crippen molar-refractivity contribution in [3.63, 3.8) is 0 Å². The number of hydrogen-bond donors (Lipinski definition) is 3. The lowest BCUT2D eigenvalue weighted by Crippen LogP contribution is -1.93. The van der Waals surface area contributed by atoms with Gasteiger partial charge >= 0.3 is 17.9 Å². The highest BCUT2D eigenvalue weighted by Crippen LogP contribution is 2.34. The zero-order valence-electron chi connectivity index (χ0n) is 22.2. The van der Waals surface area contributed by atoms with Crippen LogP contribution in [0.5, 0.6) is 0 Å². The molecule has 7 nitrogen and oxygen atoms in total. The summed E-state index contributed by atoms with van der Waals surface area (Å²) in [5, 5.41) is 27.2. The van der Waals surface area contributed by atoms with Gasteiger partial charge in [-0.05, 0) is 137 Å². The predicted octanol–water partition coefficient (Wildman–Crippen LogP) is 6.53. The molecule has 0 spiro atoms. The van der Waals surface area contributed by atoms with Gasteiger partial charge in [-0.3, -0.25) is 4.79 Å². The SMILES string of the molecule is CC(=O)/C=C/c1cc(/C=C/C(=O)O)cc(-c2cc(C)c(-c3cc(/C=C/C(=O)O)cc(/C=C/C(=O)O)c3)cc2C)c1. The van der Waals surface area contributed by atoms with Crippen LogP contribution in [0.4, 0.5) is 0 Å². The number of benzene rings is 3. The Morgan fingerprint density at radius 3 is 1.07 bits per heavy atom. The van der Waals surface area contributed by atoms with Gasteiger partial charge in [-0.1, -0.05) is 18.2 Å². The molecule has 0 radical (unpaired) electrons. The fourth-order valence-electron chi connectivity index (χ4n) is 4.20. The first-order valence-electron chi connectivity index (χ1n) is 12.2. The highest BCUT2D eigenvalue weighted by atomic mass is 16.4. The zero-order valence-corrected chi connectivity index (χ0v) is 22.2. The molecule has 3 N–H and O–H groups in total. The van der Waals surface area contributed by atoms with Crippen molar-refractivity contribution in [1.29, 1.82) is 0 Å². The van der Waals surface area contributed by atoms with E-state index in [4.69, 9.17) is 15.3 Å². The van der Waals surface area contributed by atoms with E-state index in [-0.39, 0.29) is 5.78 Å². The van der Waals surface area contributed by atoms with Crippen LogP contribution in [-0.4, -0.2) is 39.0 Å². The second-order valence-corrected chi connectivity index (χ2v) is 9.22. The van der Waals surface area contributed by atoms with E-state index in [0.29, 0.717) is 16.7 Å². The average Bonchev–Trinajstić information content (AvgIpc) is 2.89. The maximum atomic E-state index is 11.5. The minimum Gasteiger partial charge on any atom is -0.478 e. The number of carboxylic acids is 3. The molecular formula is C33H28O7. The molecule has 0 amide bonds. The Bertz CT molecular complexity index is 1410. The second kappa shape index (κ2) is 13.0. The Labute approximate surface area is 231 Å². The lowest BCUT2D eigenvalue weighted by atomic mass is 9.89. The van der Waals surface area contributed by atoms with Gasteiger partial charge in [0.25, 0.3) is 0 Å². The van der Waals surface area contributed by atoms with Crippen molar-refractivity contribution in [3.8, 4) is 22.3 Å². The standard InChI is InChI=1S/C33H28O7/c1-20-13-30(28-18-25(7-10-32(37)38)15-26(19-28)8-11-33(39)40)21(2)12-29(20)27-16-23(5-4-22(3)34)14-24(17-27)6-9-31(35)36/h4-19H,1-3H3,(H,35,36)(H,37,38)(H,39,40)/b5-4+,9-6+,10-7+,11-8+. The van der Waals surface area contributed by atoms with Gasteiger partial charge in [-0.2, -0.15) is 0 Å². The minimum atomic E-state index is -1.10. The summed E-state index contributed by atoms with van der Waals surface area (Å²) < 4.78 is 0. The maximum absolute atomic E-state index is 11.5. The fraction of sp³-hybridized carbons (Fsp3) is 0.0909. The third kappa shape index (κ3) is 8.36. The number of hydrogen-bond acceptors (Lipinski definition) is 4. The molecule has 0 fully saturated rings. The van der Waals surface area contributed by atoms with Crippen LogP contribution in [0.1, 0.15) is 40.3 Å². The number of carbonyl (C=O) groups excluding carboxylic acids is 1. The molecule has 0 saturated heterocycles. The molecule has 0 aliphatic heterocycles. The first kappa shape index (κ1) is 29.3. The molecular weight excluding hydrogens is 508 g/mol. The molecule has 0 saturated carbocycles. The molecule has 3 aromatic carbocycles. The Hall–Kier alpha value is -5.30. The average molecular weight is 537 g/mol. The molecule has 3 aromatic rings. The summed E-state index contributed by atoms with van der Waals surface area (Å²) >= 11 is 0. The van der Waals surface area contributed by atoms with Crippen molar-refractivity contribution in [1.82, 2.24) is 0 Å². The third-order valence-electron chi connectivity index (χ3n) is 5.91. The van der Waals surface area contributed by atoms with Gasteiger partial charge in [0.15, 0.2) is 5.78 Å². The lowest BCUT2D eigenvalue weighted by molar-refractivity contribution is -0.132. The Morgan fingerprint density at radius 1 is 0.500 bits per heavy atom. The van der Waals surface area contributed by atoms with E-state index in [1.54, 1.807) is 18.2 Å². The number of ketones is 1. The summed E-state index contributed by atoms with van der Waals surface area (Å²) in [4.78, 5) is 44.7. The van der Waals surface area contributed by atoms with Gasteiger partial charge in [-0.25, -0.2) is 14.4 Å². The third-order valence-corrected chi connectivity index (χ3v) is 5.91. The minimum absolute atomic E-state index is 0.109. The molecule has 0 heterocycles.